The third-order valence-electron chi connectivity index (χ3n) is 3.24. The minimum atomic E-state index is 0.173. The van der Waals surface area contributed by atoms with Crippen molar-refractivity contribution in [2.75, 3.05) is 32.8 Å². The van der Waals surface area contributed by atoms with Crippen LogP contribution in [0.15, 0.2) is 11.8 Å². The third kappa shape index (κ3) is 4.38. The van der Waals surface area contributed by atoms with Crippen molar-refractivity contribution in [3.63, 3.8) is 0 Å². The molecule has 1 N–H and O–H groups in total. The van der Waals surface area contributed by atoms with Crippen LogP contribution in [0, 0.1) is 0 Å². The largest absolute Gasteiger partial charge is 0.396 e. The number of allylic oxidation sites excluding steroid dienone is 2. The summed E-state index contributed by atoms with van der Waals surface area (Å²) in [4.78, 5) is 15.5. The fourth-order valence-electron chi connectivity index (χ4n) is 2.17. The van der Waals surface area contributed by atoms with Gasteiger partial charge < -0.3 is 14.9 Å². The van der Waals surface area contributed by atoms with Crippen molar-refractivity contribution in [1.29, 1.82) is 0 Å². The molecule has 4 nitrogen and oxygen atoms in total. The van der Waals surface area contributed by atoms with Crippen LogP contribution in [0.25, 0.3) is 0 Å². The minimum absolute atomic E-state index is 0.173. The minimum Gasteiger partial charge on any atom is -0.396 e. The summed E-state index contributed by atoms with van der Waals surface area (Å²) in [6.07, 6.45) is 5.01. The molecule has 0 aromatic rings. The highest BCUT2D eigenvalue weighted by Crippen LogP contribution is 2.14. The highest BCUT2D eigenvalue weighted by atomic mass is 16.2. The molecule has 0 saturated carbocycles. The van der Waals surface area contributed by atoms with Gasteiger partial charge in [-0.25, -0.2) is 0 Å². The fourth-order valence-corrected chi connectivity index (χ4v) is 2.17. The van der Waals surface area contributed by atoms with Gasteiger partial charge in [-0.2, -0.15) is 0 Å². The van der Waals surface area contributed by atoms with E-state index < -0.39 is 0 Å². The van der Waals surface area contributed by atoms with E-state index in [4.69, 9.17) is 5.11 Å². The zero-order chi connectivity index (χ0) is 12.7. The van der Waals surface area contributed by atoms with Gasteiger partial charge in [0.05, 0.1) is 0 Å². The van der Waals surface area contributed by atoms with Crippen molar-refractivity contribution >= 4 is 5.91 Å². The predicted octanol–water partition coefficient (Wildman–Crippen LogP) is 1.22. The molecule has 1 aliphatic heterocycles. The Morgan fingerprint density at radius 2 is 1.82 bits per heavy atom. The maximum atomic E-state index is 11.2. The van der Waals surface area contributed by atoms with E-state index in [1.165, 1.54) is 5.70 Å². The standard InChI is InChI=1S/C13H24N2O2/c1-3-13(6-4-5-11-16)15-9-7-14(8-10-15)12(2)17/h6,16H,3-5,7-11H2,1-2H3/b13-6+. The lowest BCUT2D eigenvalue weighted by Gasteiger charge is -2.37. The molecule has 0 aromatic heterocycles. The molecule has 0 radical (unpaired) electrons. The number of piperazine rings is 1. The van der Waals surface area contributed by atoms with E-state index in [0.717, 1.165) is 45.4 Å². The van der Waals surface area contributed by atoms with Crippen LogP contribution in [0.5, 0.6) is 0 Å². The second kappa shape index (κ2) is 7.33. The molecule has 4 heteroatoms. The van der Waals surface area contributed by atoms with Gasteiger partial charge in [0, 0.05) is 45.4 Å². The summed E-state index contributed by atoms with van der Waals surface area (Å²) in [5, 5.41) is 8.77. The highest BCUT2D eigenvalue weighted by Gasteiger charge is 2.19. The quantitative estimate of drug-likeness (QED) is 0.735. The highest BCUT2D eigenvalue weighted by molar-refractivity contribution is 5.73. The summed E-state index contributed by atoms with van der Waals surface area (Å²) in [5.74, 6) is 0.173. The molecule has 1 heterocycles. The first-order chi connectivity index (χ1) is 8.19. The first-order valence-electron chi connectivity index (χ1n) is 6.49. The van der Waals surface area contributed by atoms with E-state index in [2.05, 4.69) is 17.9 Å². The van der Waals surface area contributed by atoms with Crippen LogP contribution in [0.1, 0.15) is 33.1 Å². The number of hydrogen-bond donors (Lipinski definition) is 1. The van der Waals surface area contributed by atoms with Crippen molar-refractivity contribution in [3.05, 3.63) is 11.8 Å². The molecule has 0 bridgehead atoms. The second-order valence-electron chi connectivity index (χ2n) is 4.41. The van der Waals surface area contributed by atoms with Crippen molar-refractivity contribution in [2.45, 2.75) is 33.1 Å². The van der Waals surface area contributed by atoms with Crippen molar-refractivity contribution in [1.82, 2.24) is 9.80 Å². The Bertz CT molecular complexity index is 269. The smallest absolute Gasteiger partial charge is 0.219 e. The molecule has 1 aliphatic rings. The van der Waals surface area contributed by atoms with Crippen LogP contribution >= 0.6 is 0 Å². The first-order valence-corrected chi connectivity index (χ1v) is 6.49. The monoisotopic (exact) mass is 240 g/mol. The maximum absolute atomic E-state index is 11.2. The lowest BCUT2D eigenvalue weighted by atomic mass is 10.2. The number of hydrogen-bond acceptors (Lipinski definition) is 3. The van der Waals surface area contributed by atoms with E-state index in [0.29, 0.717) is 0 Å². The first kappa shape index (κ1) is 14.0. The normalized spacial score (nSPS) is 17.5. The van der Waals surface area contributed by atoms with Crippen LogP contribution in [0.4, 0.5) is 0 Å². The topological polar surface area (TPSA) is 43.8 Å². The number of rotatable bonds is 5. The molecular weight excluding hydrogens is 216 g/mol. The van der Waals surface area contributed by atoms with Crippen molar-refractivity contribution in [3.8, 4) is 0 Å². The molecular formula is C13H24N2O2. The molecule has 1 saturated heterocycles. The summed E-state index contributed by atoms with van der Waals surface area (Å²) >= 11 is 0. The Hall–Kier alpha value is -1.03. The van der Waals surface area contributed by atoms with Gasteiger partial charge in [0.1, 0.15) is 0 Å². The average molecular weight is 240 g/mol. The SMILES string of the molecule is CC/C(=C\CCCO)N1CCN(C(C)=O)CC1. The molecule has 17 heavy (non-hydrogen) atoms. The summed E-state index contributed by atoms with van der Waals surface area (Å²) in [5.41, 5.74) is 1.35. The number of amides is 1. The van der Waals surface area contributed by atoms with Crippen LogP contribution in [0.2, 0.25) is 0 Å². The summed E-state index contributed by atoms with van der Waals surface area (Å²) in [6.45, 7) is 7.55. The van der Waals surface area contributed by atoms with Crippen molar-refractivity contribution < 1.29 is 9.90 Å². The molecule has 1 fully saturated rings. The van der Waals surface area contributed by atoms with Crippen LogP contribution in [-0.2, 0) is 4.79 Å². The maximum Gasteiger partial charge on any atom is 0.219 e. The van der Waals surface area contributed by atoms with Gasteiger partial charge in [-0.05, 0) is 19.3 Å². The lowest BCUT2D eigenvalue weighted by Crippen LogP contribution is -2.47. The lowest BCUT2D eigenvalue weighted by molar-refractivity contribution is -0.130. The van der Waals surface area contributed by atoms with Gasteiger partial charge in [0.25, 0.3) is 0 Å². The molecule has 1 amide bonds. The Kier molecular flexibility index (Phi) is 6.05. The summed E-state index contributed by atoms with van der Waals surface area (Å²) in [6, 6.07) is 0. The zero-order valence-corrected chi connectivity index (χ0v) is 11.0. The Labute approximate surface area is 104 Å². The molecule has 0 atom stereocenters. The van der Waals surface area contributed by atoms with Crippen LogP contribution in [-0.4, -0.2) is 53.6 Å². The number of unbranched alkanes of at least 4 members (excludes halogenated alkanes) is 1. The van der Waals surface area contributed by atoms with E-state index in [9.17, 15) is 4.79 Å². The number of aliphatic hydroxyl groups excluding tert-OH is 1. The fraction of sp³-hybridized carbons (Fsp3) is 0.769. The molecule has 0 aromatic carbocycles. The number of carbonyl (C=O) groups is 1. The Morgan fingerprint density at radius 1 is 1.24 bits per heavy atom. The van der Waals surface area contributed by atoms with Gasteiger partial charge in [0.2, 0.25) is 5.91 Å². The molecule has 0 aliphatic carbocycles. The van der Waals surface area contributed by atoms with E-state index in [1.807, 2.05) is 4.90 Å². The van der Waals surface area contributed by atoms with E-state index in [1.54, 1.807) is 6.92 Å². The number of aliphatic hydroxyl groups is 1. The molecule has 0 spiro atoms. The molecule has 98 valence electrons. The van der Waals surface area contributed by atoms with Gasteiger partial charge >= 0.3 is 0 Å². The van der Waals surface area contributed by atoms with E-state index >= 15 is 0 Å². The third-order valence-corrected chi connectivity index (χ3v) is 3.24. The van der Waals surface area contributed by atoms with Gasteiger partial charge in [-0.3, -0.25) is 4.79 Å². The number of nitrogens with zero attached hydrogens (tertiary/aromatic N) is 2. The van der Waals surface area contributed by atoms with Gasteiger partial charge in [-0.15, -0.1) is 0 Å². The van der Waals surface area contributed by atoms with Crippen LogP contribution < -0.4 is 0 Å². The van der Waals surface area contributed by atoms with Gasteiger partial charge in [0.15, 0.2) is 0 Å². The zero-order valence-electron chi connectivity index (χ0n) is 11.0. The molecule has 0 unspecified atom stereocenters. The average Bonchev–Trinajstić information content (AvgIpc) is 2.35. The summed E-state index contributed by atoms with van der Waals surface area (Å²) < 4.78 is 0. The number of carbonyl (C=O) groups excluding carboxylic acids is 1. The van der Waals surface area contributed by atoms with Crippen LogP contribution in [0.3, 0.4) is 0 Å². The second-order valence-corrected chi connectivity index (χ2v) is 4.41. The van der Waals surface area contributed by atoms with E-state index in [-0.39, 0.29) is 12.5 Å². The Balaban J connectivity index is 2.44. The van der Waals surface area contributed by atoms with Gasteiger partial charge in [-0.1, -0.05) is 13.0 Å². The predicted molar refractivity (Wildman–Crippen MR) is 68.5 cm³/mol. The summed E-state index contributed by atoms with van der Waals surface area (Å²) in [7, 11) is 0. The molecule has 1 rings (SSSR count). The van der Waals surface area contributed by atoms with Crippen molar-refractivity contribution in [2.24, 2.45) is 0 Å². The Morgan fingerprint density at radius 3 is 2.29 bits per heavy atom.